The molecule has 0 radical (unpaired) electrons. The molecule has 0 aliphatic heterocycles. The normalized spacial score (nSPS) is 11.8. The maximum absolute atomic E-state index is 10.4. The van der Waals surface area contributed by atoms with E-state index in [0.717, 1.165) is 5.56 Å². The molecule has 0 saturated heterocycles. The van der Waals surface area contributed by atoms with Gasteiger partial charge in [0.1, 0.15) is 30.0 Å². The molecule has 0 saturated carbocycles. The van der Waals surface area contributed by atoms with Gasteiger partial charge in [0.05, 0.1) is 14.2 Å². The molecule has 0 aliphatic rings. The number of aliphatic hydroxyl groups is 1. The van der Waals surface area contributed by atoms with Gasteiger partial charge in [-0.1, -0.05) is 0 Å². The van der Waals surface area contributed by atoms with E-state index < -0.39 is 6.10 Å². The number of nitrogen functional groups attached to an aromatic ring is 1. The van der Waals surface area contributed by atoms with Crippen molar-refractivity contribution in [3.05, 3.63) is 47.5 Å². The van der Waals surface area contributed by atoms with Crippen LogP contribution in [0.5, 0.6) is 17.2 Å². The van der Waals surface area contributed by atoms with Gasteiger partial charge < -0.3 is 25.1 Å². The van der Waals surface area contributed by atoms with Crippen molar-refractivity contribution in [2.45, 2.75) is 13.0 Å². The highest BCUT2D eigenvalue weighted by Gasteiger charge is 2.17. The smallest absolute Gasteiger partial charge is 0.125 e. The molecule has 5 nitrogen and oxygen atoms in total. The summed E-state index contributed by atoms with van der Waals surface area (Å²) in [6, 6.07) is 10.6. The van der Waals surface area contributed by atoms with Gasteiger partial charge in [-0.25, -0.2) is 0 Å². The summed E-state index contributed by atoms with van der Waals surface area (Å²) in [5, 5.41) is 10.4. The van der Waals surface area contributed by atoms with Crippen LogP contribution in [0.4, 0.5) is 5.69 Å². The summed E-state index contributed by atoms with van der Waals surface area (Å²) in [5.74, 6) is 1.94. The van der Waals surface area contributed by atoms with Crippen molar-refractivity contribution in [1.82, 2.24) is 0 Å². The first-order valence-corrected chi connectivity index (χ1v) is 6.94. The Hall–Kier alpha value is -2.40. The fourth-order valence-corrected chi connectivity index (χ4v) is 2.16. The van der Waals surface area contributed by atoms with Gasteiger partial charge in [0.15, 0.2) is 0 Å². The lowest BCUT2D eigenvalue weighted by atomic mass is 10.1. The predicted octanol–water partition coefficient (Wildman–Crippen LogP) is 2.71. The molecule has 1 unspecified atom stereocenters. The molecule has 0 spiro atoms. The highest BCUT2D eigenvalue weighted by Crippen LogP contribution is 2.32. The zero-order valence-electron chi connectivity index (χ0n) is 13.0. The van der Waals surface area contributed by atoms with E-state index >= 15 is 0 Å². The molecule has 2 aromatic rings. The summed E-state index contributed by atoms with van der Waals surface area (Å²) in [6.45, 7) is 2.02. The van der Waals surface area contributed by atoms with Crippen LogP contribution in [0.1, 0.15) is 17.2 Å². The third-order valence-corrected chi connectivity index (χ3v) is 3.39. The van der Waals surface area contributed by atoms with Crippen LogP contribution in [0.25, 0.3) is 0 Å². The summed E-state index contributed by atoms with van der Waals surface area (Å²) >= 11 is 0. The summed E-state index contributed by atoms with van der Waals surface area (Å²) in [5.41, 5.74) is 7.85. The fraction of sp³-hybridized carbons (Fsp3) is 0.294. The van der Waals surface area contributed by atoms with E-state index in [1.165, 1.54) is 0 Å². The Morgan fingerprint density at radius 2 is 1.68 bits per heavy atom. The number of hydrogen-bond acceptors (Lipinski definition) is 5. The van der Waals surface area contributed by atoms with Crippen LogP contribution in [-0.4, -0.2) is 25.9 Å². The fourth-order valence-electron chi connectivity index (χ4n) is 2.16. The van der Waals surface area contributed by atoms with Crippen LogP contribution in [0.15, 0.2) is 36.4 Å². The van der Waals surface area contributed by atoms with Gasteiger partial charge in [-0.15, -0.1) is 0 Å². The van der Waals surface area contributed by atoms with Gasteiger partial charge in [-0.3, -0.25) is 0 Å². The van der Waals surface area contributed by atoms with Gasteiger partial charge in [-0.05, 0) is 48.9 Å². The van der Waals surface area contributed by atoms with Crippen molar-refractivity contribution in [1.29, 1.82) is 0 Å². The van der Waals surface area contributed by atoms with Gasteiger partial charge in [0.25, 0.3) is 0 Å². The van der Waals surface area contributed by atoms with Crippen molar-refractivity contribution in [2.75, 3.05) is 26.6 Å². The Morgan fingerprint density at radius 1 is 1.05 bits per heavy atom. The summed E-state index contributed by atoms with van der Waals surface area (Å²) in [6.07, 6.45) is -0.831. The zero-order chi connectivity index (χ0) is 16.1. The lowest BCUT2D eigenvalue weighted by molar-refractivity contribution is 0.105. The topological polar surface area (TPSA) is 73.9 Å². The highest BCUT2D eigenvalue weighted by molar-refractivity contribution is 5.47. The van der Waals surface area contributed by atoms with Crippen molar-refractivity contribution in [3.8, 4) is 17.2 Å². The van der Waals surface area contributed by atoms with Crippen LogP contribution in [0.2, 0.25) is 0 Å². The molecule has 0 fully saturated rings. The summed E-state index contributed by atoms with van der Waals surface area (Å²) in [7, 11) is 3.16. The Kier molecular flexibility index (Phi) is 5.12. The van der Waals surface area contributed by atoms with Crippen LogP contribution in [0, 0.1) is 6.92 Å². The van der Waals surface area contributed by atoms with Gasteiger partial charge in [0.2, 0.25) is 0 Å². The molecular formula is C17H21NO4. The van der Waals surface area contributed by atoms with E-state index in [1.54, 1.807) is 44.6 Å². The molecule has 0 aliphatic carbocycles. The molecule has 0 aromatic heterocycles. The van der Waals surface area contributed by atoms with E-state index in [4.69, 9.17) is 19.9 Å². The molecule has 5 heteroatoms. The zero-order valence-corrected chi connectivity index (χ0v) is 13.0. The second-order valence-electron chi connectivity index (χ2n) is 4.96. The predicted molar refractivity (Wildman–Crippen MR) is 85.6 cm³/mol. The average Bonchev–Trinajstić information content (AvgIpc) is 2.53. The number of aliphatic hydroxyl groups excluding tert-OH is 1. The lowest BCUT2D eigenvalue weighted by Gasteiger charge is -2.18. The standard InChI is InChI=1S/C17H21NO4/c1-11-8-17(21-3)14(9-16(11)20-2)15(19)10-22-13-6-4-12(18)5-7-13/h4-9,15,19H,10,18H2,1-3H3. The maximum Gasteiger partial charge on any atom is 0.125 e. The first kappa shape index (κ1) is 16.0. The van der Waals surface area contributed by atoms with Gasteiger partial charge >= 0.3 is 0 Å². The molecule has 2 rings (SSSR count). The number of benzene rings is 2. The number of nitrogens with two attached hydrogens (primary N) is 1. The third-order valence-electron chi connectivity index (χ3n) is 3.39. The van der Waals surface area contributed by atoms with Crippen LogP contribution >= 0.6 is 0 Å². The molecule has 22 heavy (non-hydrogen) atoms. The van der Waals surface area contributed by atoms with Crippen LogP contribution in [-0.2, 0) is 0 Å². The Balaban J connectivity index is 2.14. The maximum atomic E-state index is 10.4. The number of hydrogen-bond donors (Lipinski definition) is 2. The third kappa shape index (κ3) is 3.62. The monoisotopic (exact) mass is 303 g/mol. The van der Waals surface area contributed by atoms with E-state index in [9.17, 15) is 5.11 Å². The molecule has 1 atom stereocenters. The van der Waals surface area contributed by atoms with Crippen LogP contribution in [0.3, 0.4) is 0 Å². The minimum atomic E-state index is -0.831. The van der Waals surface area contributed by atoms with Crippen molar-refractivity contribution in [2.24, 2.45) is 0 Å². The number of rotatable bonds is 6. The molecule has 3 N–H and O–H groups in total. The highest BCUT2D eigenvalue weighted by atomic mass is 16.5. The first-order chi connectivity index (χ1) is 10.5. The number of aryl methyl sites for hydroxylation is 1. The minimum absolute atomic E-state index is 0.104. The largest absolute Gasteiger partial charge is 0.496 e. The Labute approximate surface area is 130 Å². The van der Waals surface area contributed by atoms with Crippen LogP contribution < -0.4 is 19.9 Å². The number of ether oxygens (including phenoxy) is 3. The molecular weight excluding hydrogens is 282 g/mol. The van der Waals surface area contributed by atoms with E-state index in [-0.39, 0.29) is 6.61 Å². The minimum Gasteiger partial charge on any atom is -0.496 e. The first-order valence-electron chi connectivity index (χ1n) is 6.94. The van der Waals surface area contributed by atoms with E-state index in [1.807, 2.05) is 13.0 Å². The van der Waals surface area contributed by atoms with E-state index in [2.05, 4.69) is 0 Å². The molecule has 0 bridgehead atoms. The average molecular weight is 303 g/mol. The van der Waals surface area contributed by atoms with Gasteiger partial charge in [-0.2, -0.15) is 0 Å². The SMILES string of the molecule is COc1cc(C(O)COc2ccc(N)cc2)c(OC)cc1C. The quantitative estimate of drug-likeness (QED) is 0.803. The van der Waals surface area contributed by atoms with E-state index in [0.29, 0.717) is 28.5 Å². The second kappa shape index (κ2) is 7.04. The molecule has 0 amide bonds. The van der Waals surface area contributed by atoms with Crippen molar-refractivity contribution >= 4 is 5.69 Å². The summed E-state index contributed by atoms with van der Waals surface area (Å²) < 4.78 is 16.2. The second-order valence-corrected chi connectivity index (χ2v) is 4.96. The Bertz CT molecular complexity index is 625. The Morgan fingerprint density at radius 3 is 2.27 bits per heavy atom. The summed E-state index contributed by atoms with van der Waals surface area (Å²) in [4.78, 5) is 0. The molecule has 2 aromatic carbocycles. The van der Waals surface area contributed by atoms with Crippen molar-refractivity contribution < 1.29 is 19.3 Å². The molecule has 0 heterocycles. The lowest BCUT2D eigenvalue weighted by Crippen LogP contribution is -2.11. The number of anilines is 1. The number of methoxy groups -OCH3 is 2. The molecule has 118 valence electrons. The van der Waals surface area contributed by atoms with Gasteiger partial charge in [0, 0.05) is 11.3 Å². The van der Waals surface area contributed by atoms with Crippen molar-refractivity contribution in [3.63, 3.8) is 0 Å².